The Morgan fingerprint density at radius 3 is 2.40 bits per heavy atom. The molecule has 0 saturated carbocycles. The van der Waals surface area contributed by atoms with Gasteiger partial charge in [-0.15, -0.1) is 0 Å². The molecule has 0 radical (unpaired) electrons. The molecule has 0 bridgehead atoms. The number of nitrogens with zero attached hydrogens (tertiary/aromatic N) is 2. The second kappa shape index (κ2) is 5.91. The van der Waals surface area contributed by atoms with Crippen molar-refractivity contribution in [3.05, 3.63) is 18.2 Å². The van der Waals surface area contributed by atoms with E-state index in [1.165, 1.54) is 18.5 Å². The SMILES string of the molecule is CCNC(c1cn(C)cn1)C(CC)CC. The number of aromatic nitrogens is 2. The number of hydrogen-bond donors (Lipinski definition) is 1. The van der Waals surface area contributed by atoms with Gasteiger partial charge in [-0.2, -0.15) is 0 Å². The predicted molar refractivity (Wildman–Crippen MR) is 63.7 cm³/mol. The number of aryl methyl sites for hydroxylation is 1. The Hall–Kier alpha value is -0.830. The fourth-order valence-electron chi connectivity index (χ4n) is 2.09. The topological polar surface area (TPSA) is 29.9 Å². The second-order valence-electron chi connectivity index (χ2n) is 4.08. The molecule has 1 N–H and O–H groups in total. The summed E-state index contributed by atoms with van der Waals surface area (Å²) >= 11 is 0. The first kappa shape index (κ1) is 12.2. The van der Waals surface area contributed by atoms with Crippen molar-refractivity contribution in [2.75, 3.05) is 6.54 Å². The van der Waals surface area contributed by atoms with E-state index in [0.29, 0.717) is 12.0 Å². The highest BCUT2D eigenvalue weighted by Crippen LogP contribution is 2.25. The Kier molecular flexibility index (Phi) is 4.82. The van der Waals surface area contributed by atoms with Crippen molar-refractivity contribution in [3.63, 3.8) is 0 Å². The third-order valence-electron chi connectivity index (χ3n) is 2.99. The van der Waals surface area contributed by atoms with Gasteiger partial charge in [-0.3, -0.25) is 0 Å². The van der Waals surface area contributed by atoms with Gasteiger partial charge in [0, 0.05) is 13.2 Å². The summed E-state index contributed by atoms with van der Waals surface area (Å²) < 4.78 is 2.02. The van der Waals surface area contributed by atoms with Gasteiger partial charge in [-0.05, 0) is 12.5 Å². The van der Waals surface area contributed by atoms with Crippen LogP contribution in [0.4, 0.5) is 0 Å². The lowest BCUT2D eigenvalue weighted by Crippen LogP contribution is -2.28. The minimum absolute atomic E-state index is 0.409. The Bertz CT molecular complexity index is 276. The molecule has 0 spiro atoms. The van der Waals surface area contributed by atoms with Crippen LogP contribution < -0.4 is 5.32 Å². The van der Waals surface area contributed by atoms with E-state index in [1.807, 2.05) is 17.9 Å². The van der Waals surface area contributed by atoms with E-state index in [0.717, 1.165) is 6.54 Å². The maximum Gasteiger partial charge on any atom is 0.0947 e. The molecule has 0 saturated heterocycles. The van der Waals surface area contributed by atoms with E-state index >= 15 is 0 Å². The van der Waals surface area contributed by atoms with Crippen LogP contribution in [0.1, 0.15) is 45.3 Å². The zero-order chi connectivity index (χ0) is 11.3. The van der Waals surface area contributed by atoms with Gasteiger partial charge in [0.1, 0.15) is 0 Å². The summed E-state index contributed by atoms with van der Waals surface area (Å²) in [7, 11) is 2.02. The zero-order valence-electron chi connectivity index (χ0n) is 10.3. The van der Waals surface area contributed by atoms with E-state index in [1.54, 1.807) is 0 Å². The van der Waals surface area contributed by atoms with Crippen LogP contribution in [-0.4, -0.2) is 16.1 Å². The Morgan fingerprint density at radius 2 is 2.00 bits per heavy atom. The number of hydrogen-bond acceptors (Lipinski definition) is 2. The minimum Gasteiger partial charge on any atom is -0.340 e. The van der Waals surface area contributed by atoms with Gasteiger partial charge in [0.05, 0.1) is 18.1 Å². The van der Waals surface area contributed by atoms with Crippen molar-refractivity contribution in [2.24, 2.45) is 13.0 Å². The van der Waals surface area contributed by atoms with Crippen molar-refractivity contribution in [2.45, 2.75) is 39.7 Å². The third kappa shape index (κ3) is 3.06. The highest BCUT2D eigenvalue weighted by Gasteiger charge is 2.21. The first-order chi connectivity index (χ1) is 7.22. The van der Waals surface area contributed by atoms with E-state index in [9.17, 15) is 0 Å². The molecule has 15 heavy (non-hydrogen) atoms. The summed E-state index contributed by atoms with van der Waals surface area (Å²) in [6, 6.07) is 0.409. The normalized spacial score (nSPS) is 13.4. The van der Waals surface area contributed by atoms with Crippen molar-refractivity contribution in [1.29, 1.82) is 0 Å². The maximum absolute atomic E-state index is 4.45. The molecule has 0 aliphatic heterocycles. The highest BCUT2D eigenvalue weighted by atomic mass is 15.0. The molecule has 86 valence electrons. The van der Waals surface area contributed by atoms with Crippen LogP contribution in [0.25, 0.3) is 0 Å². The molecule has 3 heteroatoms. The fraction of sp³-hybridized carbons (Fsp3) is 0.750. The summed E-state index contributed by atoms with van der Waals surface area (Å²) in [5.41, 5.74) is 1.17. The van der Waals surface area contributed by atoms with Crippen LogP contribution in [0.2, 0.25) is 0 Å². The predicted octanol–water partition coefficient (Wildman–Crippen LogP) is 2.51. The number of rotatable bonds is 6. The molecule has 1 heterocycles. The van der Waals surface area contributed by atoms with Crippen LogP contribution in [0.3, 0.4) is 0 Å². The van der Waals surface area contributed by atoms with Gasteiger partial charge >= 0.3 is 0 Å². The zero-order valence-corrected chi connectivity index (χ0v) is 10.3. The molecule has 0 amide bonds. The summed E-state index contributed by atoms with van der Waals surface area (Å²) in [5.74, 6) is 0.680. The van der Waals surface area contributed by atoms with Crippen molar-refractivity contribution in [3.8, 4) is 0 Å². The smallest absolute Gasteiger partial charge is 0.0947 e. The molecular weight excluding hydrogens is 186 g/mol. The first-order valence-corrected chi connectivity index (χ1v) is 5.94. The quantitative estimate of drug-likeness (QED) is 0.780. The standard InChI is InChI=1S/C12H23N3/c1-5-10(6-2)12(13-7-3)11-8-15(4)9-14-11/h8-10,12-13H,5-7H2,1-4H3. The molecule has 0 fully saturated rings. The average molecular weight is 209 g/mol. The maximum atomic E-state index is 4.45. The number of imidazole rings is 1. The summed E-state index contributed by atoms with van der Waals surface area (Å²) in [5, 5.41) is 3.54. The van der Waals surface area contributed by atoms with Crippen molar-refractivity contribution < 1.29 is 0 Å². The largest absolute Gasteiger partial charge is 0.340 e. The van der Waals surface area contributed by atoms with Crippen LogP contribution in [0.5, 0.6) is 0 Å². The van der Waals surface area contributed by atoms with Gasteiger partial charge < -0.3 is 9.88 Å². The van der Waals surface area contributed by atoms with Gasteiger partial charge in [0.25, 0.3) is 0 Å². The molecule has 1 aromatic rings. The van der Waals surface area contributed by atoms with Gasteiger partial charge in [-0.1, -0.05) is 33.6 Å². The molecule has 1 unspecified atom stereocenters. The van der Waals surface area contributed by atoms with Crippen LogP contribution in [0.15, 0.2) is 12.5 Å². The highest BCUT2D eigenvalue weighted by molar-refractivity contribution is 5.05. The average Bonchev–Trinajstić information content (AvgIpc) is 2.65. The van der Waals surface area contributed by atoms with E-state index in [2.05, 4.69) is 37.3 Å². The fourth-order valence-corrected chi connectivity index (χ4v) is 2.09. The third-order valence-corrected chi connectivity index (χ3v) is 2.99. The van der Waals surface area contributed by atoms with Gasteiger partial charge in [0.15, 0.2) is 0 Å². The molecule has 0 aliphatic carbocycles. The lowest BCUT2D eigenvalue weighted by atomic mass is 9.92. The van der Waals surface area contributed by atoms with E-state index in [-0.39, 0.29) is 0 Å². The van der Waals surface area contributed by atoms with E-state index in [4.69, 9.17) is 0 Å². The van der Waals surface area contributed by atoms with Crippen LogP contribution in [0, 0.1) is 5.92 Å². The molecule has 1 rings (SSSR count). The van der Waals surface area contributed by atoms with Crippen LogP contribution >= 0.6 is 0 Å². The molecule has 0 aromatic carbocycles. The molecular formula is C12H23N3. The Balaban J connectivity index is 2.81. The van der Waals surface area contributed by atoms with Crippen molar-refractivity contribution >= 4 is 0 Å². The molecule has 1 aromatic heterocycles. The summed E-state index contributed by atoms with van der Waals surface area (Å²) in [4.78, 5) is 4.45. The van der Waals surface area contributed by atoms with Crippen LogP contribution in [-0.2, 0) is 7.05 Å². The number of nitrogens with one attached hydrogen (secondary N) is 1. The monoisotopic (exact) mass is 209 g/mol. The Morgan fingerprint density at radius 1 is 1.33 bits per heavy atom. The Labute approximate surface area is 92.9 Å². The summed E-state index contributed by atoms with van der Waals surface area (Å²) in [6.07, 6.45) is 6.39. The first-order valence-electron chi connectivity index (χ1n) is 5.94. The van der Waals surface area contributed by atoms with Crippen molar-refractivity contribution in [1.82, 2.24) is 14.9 Å². The minimum atomic E-state index is 0.409. The molecule has 1 atom stereocenters. The molecule has 0 aliphatic rings. The molecule has 3 nitrogen and oxygen atoms in total. The lowest BCUT2D eigenvalue weighted by molar-refractivity contribution is 0.341. The van der Waals surface area contributed by atoms with Gasteiger partial charge in [-0.25, -0.2) is 4.98 Å². The lowest BCUT2D eigenvalue weighted by Gasteiger charge is -2.24. The van der Waals surface area contributed by atoms with E-state index < -0.39 is 0 Å². The van der Waals surface area contributed by atoms with Gasteiger partial charge in [0.2, 0.25) is 0 Å². The second-order valence-corrected chi connectivity index (χ2v) is 4.08. The summed E-state index contributed by atoms with van der Waals surface area (Å²) in [6.45, 7) is 7.65.